The number of rotatable bonds is 4. The number of ether oxygens (including phenoxy) is 1. The van der Waals surface area contributed by atoms with E-state index in [0.717, 1.165) is 44.4 Å². The van der Waals surface area contributed by atoms with Crippen molar-refractivity contribution < 1.29 is 4.74 Å². The van der Waals surface area contributed by atoms with Gasteiger partial charge in [0.1, 0.15) is 11.5 Å². The molecule has 190 valence electrons. The average Bonchev–Trinajstić information content (AvgIpc) is 3.55. The van der Waals surface area contributed by atoms with Gasteiger partial charge >= 0.3 is 0 Å². The highest BCUT2D eigenvalue weighted by atomic mass is 35.5. The van der Waals surface area contributed by atoms with Crippen LogP contribution in [0.25, 0.3) is 60.4 Å². The normalized spacial score (nSPS) is 11.6. The number of fused-ring (bicyclic) bond motifs is 6. The number of halogens is 1. The monoisotopic (exact) mass is 534 g/mol. The van der Waals surface area contributed by atoms with Crippen LogP contribution < -0.4 is 4.74 Å². The minimum Gasteiger partial charge on any atom is -0.455 e. The Balaban J connectivity index is 1.19. The fourth-order valence-electron chi connectivity index (χ4n) is 5.86. The second-order valence-corrected chi connectivity index (χ2v) is 10.4. The van der Waals surface area contributed by atoms with E-state index in [1.807, 2.05) is 36.4 Å². The summed E-state index contributed by atoms with van der Waals surface area (Å²) in [6, 6.07) is 46.0. The van der Waals surface area contributed by atoms with Crippen LogP contribution in [0.15, 0.2) is 133 Å². The molecule has 0 saturated heterocycles. The molecule has 1 N–H and O–H groups in total. The van der Waals surface area contributed by atoms with E-state index in [0.29, 0.717) is 10.8 Å². The van der Waals surface area contributed by atoms with E-state index >= 15 is 0 Å². The Morgan fingerprint density at radius 3 is 1.95 bits per heavy atom. The van der Waals surface area contributed by atoms with Gasteiger partial charge < -0.3 is 14.3 Å². The highest BCUT2D eigenvalue weighted by Crippen LogP contribution is 2.39. The molecule has 40 heavy (non-hydrogen) atoms. The van der Waals surface area contributed by atoms with E-state index in [-0.39, 0.29) is 0 Å². The van der Waals surface area contributed by atoms with Crippen LogP contribution in [-0.2, 0) is 0 Å². The Kier molecular flexibility index (Phi) is 5.19. The molecular formula is C36H23ClN2O. The summed E-state index contributed by atoms with van der Waals surface area (Å²) in [5, 5.41) is 5.24. The maximum Gasteiger partial charge on any atom is 0.146 e. The largest absolute Gasteiger partial charge is 0.455 e. The highest BCUT2D eigenvalue weighted by Gasteiger charge is 2.14. The molecule has 0 bridgehead atoms. The van der Waals surface area contributed by atoms with Crippen LogP contribution in [0.3, 0.4) is 0 Å². The number of nitrogens with one attached hydrogen (secondary N) is 1. The molecule has 0 amide bonds. The summed E-state index contributed by atoms with van der Waals surface area (Å²) in [7, 11) is 0. The predicted octanol–water partition coefficient (Wildman–Crippen LogP) is 10.5. The van der Waals surface area contributed by atoms with E-state index in [1.54, 1.807) is 0 Å². The predicted molar refractivity (Wildman–Crippen MR) is 167 cm³/mol. The lowest BCUT2D eigenvalue weighted by Crippen LogP contribution is -1.94. The quantitative estimate of drug-likeness (QED) is 0.239. The lowest BCUT2D eigenvalue weighted by atomic mass is 10.0. The number of nitrogens with zero attached hydrogens (tertiary/aromatic N) is 1. The van der Waals surface area contributed by atoms with Gasteiger partial charge in [-0.1, -0.05) is 90.5 Å². The maximum absolute atomic E-state index is 6.83. The van der Waals surface area contributed by atoms with Gasteiger partial charge in [-0.2, -0.15) is 0 Å². The van der Waals surface area contributed by atoms with Crippen molar-refractivity contribution in [1.82, 2.24) is 9.55 Å². The molecule has 4 heteroatoms. The fourth-order valence-corrected chi connectivity index (χ4v) is 6.08. The van der Waals surface area contributed by atoms with Crippen LogP contribution in [0.2, 0.25) is 5.02 Å². The number of hydrogen-bond donors (Lipinski definition) is 1. The lowest BCUT2D eigenvalue weighted by molar-refractivity contribution is 0.489. The number of aromatic amines is 1. The Bertz CT molecular complexity index is 2170. The second-order valence-electron chi connectivity index (χ2n) is 10.0. The van der Waals surface area contributed by atoms with Gasteiger partial charge in [-0.15, -0.1) is 0 Å². The summed E-state index contributed by atoms with van der Waals surface area (Å²) in [5.74, 6) is 1.40. The van der Waals surface area contributed by atoms with Gasteiger partial charge in [0.05, 0.1) is 27.0 Å². The third kappa shape index (κ3) is 3.59. The zero-order valence-corrected chi connectivity index (χ0v) is 22.2. The van der Waals surface area contributed by atoms with E-state index in [1.165, 1.54) is 21.8 Å². The molecule has 8 rings (SSSR count). The first-order valence-corrected chi connectivity index (χ1v) is 13.7. The van der Waals surface area contributed by atoms with Gasteiger partial charge in [0.15, 0.2) is 0 Å². The minimum atomic E-state index is 0.566. The van der Waals surface area contributed by atoms with Gasteiger partial charge in [-0.05, 0) is 65.7 Å². The van der Waals surface area contributed by atoms with Crippen LogP contribution in [0.1, 0.15) is 0 Å². The molecule has 2 heterocycles. The summed E-state index contributed by atoms with van der Waals surface area (Å²) in [5.41, 5.74) is 7.73. The zero-order valence-electron chi connectivity index (χ0n) is 21.4. The Morgan fingerprint density at radius 2 is 1.18 bits per heavy atom. The number of para-hydroxylation sites is 3. The first-order chi connectivity index (χ1) is 19.7. The van der Waals surface area contributed by atoms with Crippen LogP contribution >= 0.6 is 11.6 Å². The van der Waals surface area contributed by atoms with Crippen molar-refractivity contribution in [3.63, 3.8) is 0 Å². The smallest absolute Gasteiger partial charge is 0.146 e. The molecule has 0 aliphatic carbocycles. The van der Waals surface area contributed by atoms with Crippen molar-refractivity contribution >= 4 is 55.2 Å². The summed E-state index contributed by atoms with van der Waals surface area (Å²) in [6.45, 7) is 0. The van der Waals surface area contributed by atoms with Crippen molar-refractivity contribution in [1.29, 1.82) is 0 Å². The molecular weight excluding hydrogens is 512 g/mol. The van der Waals surface area contributed by atoms with Crippen LogP contribution in [0.5, 0.6) is 11.5 Å². The third-order valence-corrected chi connectivity index (χ3v) is 7.96. The van der Waals surface area contributed by atoms with Crippen LogP contribution in [0.4, 0.5) is 0 Å². The number of aromatic nitrogens is 2. The maximum atomic E-state index is 6.83. The van der Waals surface area contributed by atoms with E-state index in [4.69, 9.17) is 16.3 Å². The van der Waals surface area contributed by atoms with Crippen LogP contribution in [-0.4, -0.2) is 9.55 Å². The summed E-state index contributed by atoms with van der Waals surface area (Å²) in [6.07, 6.45) is 0. The van der Waals surface area contributed by atoms with Gasteiger partial charge in [-0.25, -0.2) is 0 Å². The first kappa shape index (κ1) is 22.9. The fraction of sp³-hybridized carbons (Fsp3) is 0. The molecule has 8 aromatic rings. The molecule has 0 spiro atoms. The molecule has 0 fully saturated rings. The van der Waals surface area contributed by atoms with Crippen LogP contribution in [0, 0.1) is 0 Å². The number of H-pyrrole nitrogens is 1. The van der Waals surface area contributed by atoms with Gasteiger partial charge in [-0.3, -0.25) is 0 Å². The molecule has 0 radical (unpaired) electrons. The summed E-state index contributed by atoms with van der Waals surface area (Å²) in [4.78, 5) is 3.47. The molecule has 3 nitrogen and oxygen atoms in total. The molecule has 6 aromatic carbocycles. The Labute approximate surface area is 235 Å². The first-order valence-electron chi connectivity index (χ1n) is 13.3. The summed E-state index contributed by atoms with van der Waals surface area (Å²) >= 11 is 6.83. The molecule has 0 atom stereocenters. The Morgan fingerprint density at radius 1 is 0.525 bits per heavy atom. The topological polar surface area (TPSA) is 29.9 Å². The van der Waals surface area contributed by atoms with Crippen molar-refractivity contribution in [2.45, 2.75) is 0 Å². The van der Waals surface area contributed by atoms with Crippen molar-refractivity contribution in [3.8, 4) is 28.3 Å². The van der Waals surface area contributed by atoms with Crippen molar-refractivity contribution in [2.24, 2.45) is 0 Å². The number of benzene rings is 6. The van der Waals surface area contributed by atoms with Crippen molar-refractivity contribution in [3.05, 3.63) is 138 Å². The van der Waals surface area contributed by atoms with E-state index in [2.05, 4.69) is 107 Å². The SMILES string of the molecule is Clc1cc(-c2cccc(-n3c4ccccc4c4ccccc43)c2)ccc1Oc1cccc2[nH]c3ccccc3c12. The minimum absolute atomic E-state index is 0.566. The molecule has 0 unspecified atom stereocenters. The van der Waals surface area contributed by atoms with E-state index in [9.17, 15) is 0 Å². The molecule has 2 aromatic heterocycles. The number of hydrogen-bond acceptors (Lipinski definition) is 1. The molecule has 0 aliphatic heterocycles. The summed E-state index contributed by atoms with van der Waals surface area (Å²) < 4.78 is 8.73. The van der Waals surface area contributed by atoms with Gasteiger partial charge in [0.25, 0.3) is 0 Å². The molecule has 0 saturated carbocycles. The highest BCUT2D eigenvalue weighted by molar-refractivity contribution is 6.32. The average molecular weight is 535 g/mol. The second kappa shape index (κ2) is 9.04. The van der Waals surface area contributed by atoms with E-state index < -0.39 is 0 Å². The van der Waals surface area contributed by atoms with Gasteiger partial charge in [0.2, 0.25) is 0 Å². The standard InChI is InChI=1S/C36H23ClN2O/c37-29-22-24(19-20-34(29)40-35-18-8-15-31-36(35)28-13-1-4-14-30(28)38-31)23-9-7-10-25(21-23)39-32-16-5-2-11-26(32)27-12-3-6-17-33(27)39/h1-22,38H. The molecule has 0 aliphatic rings. The third-order valence-electron chi connectivity index (χ3n) is 7.66. The van der Waals surface area contributed by atoms with Crippen molar-refractivity contribution in [2.75, 3.05) is 0 Å². The zero-order chi connectivity index (χ0) is 26.6. The lowest BCUT2D eigenvalue weighted by Gasteiger charge is -2.12. The Hall–Kier alpha value is -4.99. The van der Waals surface area contributed by atoms with Gasteiger partial charge in [0, 0.05) is 27.4 Å².